The number of imide groups is 1. The number of aromatic nitrogens is 2. The SMILES string of the molecule is CCOCCCN1C(=O)C(C#N)=C(C)/C(=C\c2cn(-c3ccccc3)nc2-c2cccc(S(=O)(=O)N(C)C)c2)C1=O. The maximum Gasteiger partial charge on any atom is 0.271 e. The fraction of sp³-hybridized carbons (Fsp3) is 0.267. The van der Waals surface area contributed by atoms with E-state index in [0.29, 0.717) is 36.5 Å². The maximum atomic E-state index is 13.6. The highest BCUT2D eigenvalue weighted by molar-refractivity contribution is 7.89. The average molecular weight is 574 g/mol. The summed E-state index contributed by atoms with van der Waals surface area (Å²) < 4.78 is 33.8. The lowest BCUT2D eigenvalue weighted by atomic mass is 9.93. The van der Waals surface area contributed by atoms with Crippen LogP contribution in [-0.2, 0) is 24.3 Å². The predicted molar refractivity (Wildman–Crippen MR) is 154 cm³/mol. The molecule has 2 heterocycles. The number of nitriles is 1. The van der Waals surface area contributed by atoms with Gasteiger partial charge in [0, 0.05) is 56.8 Å². The van der Waals surface area contributed by atoms with Crippen molar-refractivity contribution < 1.29 is 22.7 Å². The topological polar surface area (TPSA) is 126 Å². The summed E-state index contributed by atoms with van der Waals surface area (Å²) in [6.45, 7) is 4.42. The molecular formula is C30H31N5O5S. The second-order valence-corrected chi connectivity index (χ2v) is 11.7. The van der Waals surface area contributed by atoms with E-state index in [-0.39, 0.29) is 28.2 Å². The highest BCUT2D eigenvalue weighted by atomic mass is 32.2. The number of hydrogen-bond acceptors (Lipinski definition) is 7. The van der Waals surface area contributed by atoms with E-state index in [2.05, 4.69) is 0 Å². The molecule has 4 rings (SSSR count). The molecular weight excluding hydrogens is 542 g/mol. The van der Waals surface area contributed by atoms with Crippen LogP contribution in [-0.4, -0.2) is 73.1 Å². The van der Waals surface area contributed by atoms with E-state index in [0.717, 1.165) is 14.9 Å². The number of para-hydroxylation sites is 1. The van der Waals surface area contributed by atoms with Gasteiger partial charge >= 0.3 is 0 Å². The Morgan fingerprint density at radius 2 is 1.80 bits per heavy atom. The normalized spacial score (nSPS) is 15.2. The van der Waals surface area contributed by atoms with Gasteiger partial charge in [0.25, 0.3) is 11.8 Å². The van der Waals surface area contributed by atoms with E-state index in [1.165, 1.54) is 26.2 Å². The third kappa shape index (κ3) is 6.05. The zero-order chi connectivity index (χ0) is 29.7. The summed E-state index contributed by atoms with van der Waals surface area (Å²) in [4.78, 5) is 27.7. The summed E-state index contributed by atoms with van der Waals surface area (Å²) in [5, 5.41) is 14.5. The molecule has 2 amide bonds. The van der Waals surface area contributed by atoms with Gasteiger partial charge < -0.3 is 4.74 Å². The van der Waals surface area contributed by atoms with Crippen LogP contribution in [0.2, 0.25) is 0 Å². The first-order valence-electron chi connectivity index (χ1n) is 13.0. The Bertz CT molecular complexity index is 1680. The average Bonchev–Trinajstić information content (AvgIpc) is 3.39. The van der Waals surface area contributed by atoms with Crippen LogP contribution in [0.5, 0.6) is 0 Å². The van der Waals surface area contributed by atoms with Gasteiger partial charge in [-0.25, -0.2) is 17.4 Å². The Balaban J connectivity index is 1.88. The molecule has 0 saturated carbocycles. The first-order valence-corrected chi connectivity index (χ1v) is 14.5. The third-order valence-corrected chi connectivity index (χ3v) is 8.46. The molecule has 1 aliphatic rings. The Morgan fingerprint density at radius 1 is 1.07 bits per heavy atom. The van der Waals surface area contributed by atoms with Crippen molar-refractivity contribution in [2.24, 2.45) is 0 Å². The monoisotopic (exact) mass is 573 g/mol. The summed E-state index contributed by atoms with van der Waals surface area (Å²) in [7, 11) is -0.800. The molecule has 41 heavy (non-hydrogen) atoms. The summed E-state index contributed by atoms with van der Waals surface area (Å²) >= 11 is 0. The van der Waals surface area contributed by atoms with Crippen LogP contribution in [0.15, 0.2) is 82.4 Å². The lowest BCUT2D eigenvalue weighted by Gasteiger charge is -2.27. The van der Waals surface area contributed by atoms with Crippen LogP contribution in [0.3, 0.4) is 0 Å². The highest BCUT2D eigenvalue weighted by Gasteiger charge is 2.35. The molecule has 0 aliphatic carbocycles. The van der Waals surface area contributed by atoms with E-state index < -0.39 is 21.8 Å². The minimum atomic E-state index is -3.72. The number of benzene rings is 2. The number of nitrogens with zero attached hydrogens (tertiary/aromatic N) is 5. The quantitative estimate of drug-likeness (QED) is 0.205. The number of carbonyl (C=O) groups excluding carboxylic acids is 2. The van der Waals surface area contributed by atoms with Crippen molar-refractivity contribution in [1.29, 1.82) is 5.26 Å². The molecule has 212 valence electrons. The summed E-state index contributed by atoms with van der Waals surface area (Å²) in [5.74, 6) is -1.16. The summed E-state index contributed by atoms with van der Waals surface area (Å²) in [5.41, 5.74) is 2.55. The molecule has 0 radical (unpaired) electrons. The fourth-order valence-electron chi connectivity index (χ4n) is 4.40. The number of carbonyl (C=O) groups is 2. The molecule has 0 N–H and O–H groups in total. The molecule has 10 nitrogen and oxygen atoms in total. The summed E-state index contributed by atoms with van der Waals surface area (Å²) in [6.07, 6.45) is 3.76. The van der Waals surface area contributed by atoms with Gasteiger partial charge in [-0.05, 0) is 56.2 Å². The Hall–Kier alpha value is -4.37. The Labute approximate surface area is 239 Å². The van der Waals surface area contributed by atoms with Crippen LogP contribution in [0.1, 0.15) is 25.8 Å². The van der Waals surface area contributed by atoms with Gasteiger partial charge in [-0.1, -0.05) is 30.3 Å². The fourth-order valence-corrected chi connectivity index (χ4v) is 5.35. The van der Waals surface area contributed by atoms with Gasteiger partial charge in [0.1, 0.15) is 17.3 Å². The van der Waals surface area contributed by atoms with E-state index >= 15 is 0 Å². The zero-order valence-electron chi connectivity index (χ0n) is 23.4. The van der Waals surface area contributed by atoms with Crippen molar-refractivity contribution in [3.05, 3.63) is 83.1 Å². The molecule has 0 atom stereocenters. The number of hydrogen-bond donors (Lipinski definition) is 0. The van der Waals surface area contributed by atoms with Crippen molar-refractivity contribution >= 4 is 27.9 Å². The minimum absolute atomic E-state index is 0.0931. The lowest BCUT2D eigenvalue weighted by molar-refractivity contribution is -0.140. The van der Waals surface area contributed by atoms with Crippen LogP contribution in [0.4, 0.5) is 0 Å². The molecule has 0 fully saturated rings. The van der Waals surface area contributed by atoms with Crippen molar-refractivity contribution in [2.75, 3.05) is 33.9 Å². The molecule has 1 aliphatic heterocycles. The smallest absolute Gasteiger partial charge is 0.271 e. The molecule has 1 aromatic heterocycles. The molecule has 0 unspecified atom stereocenters. The van der Waals surface area contributed by atoms with Crippen molar-refractivity contribution in [3.63, 3.8) is 0 Å². The van der Waals surface area contributed by atoms with Gasteiger partial charge in [0.05, 0.1) is 10.6 Å². The number of ether oxygens (including phenoxy) is 1. The Morgan fingerprint density at radius 3 is 2.46 bits per heavy atom. The van der Waals surface area contributed by atoms with E-state index in [1.54, 1.807) is 36.0 Å². The van der Waals surface area contributed by atoms with Crippen molar-refractivity contribution in [1.82, 2.24) is 19.0 Å². The van der Waals surface area contributed by atoms with Gasteiger partial charge in [-0.3, -0.25) is 14.5 Å². The number of sulfonamides is 1. The molecule has 2 aromatic carbocycles. The standard InChI is InChI=1S/C30H31N5O5S/c1-5-40-16-10-15-34-29(36)26(21(2)27(19-31)30(34)37)18-23-20-35(24-12-7-6-8-13-24)32-28(23)22-11-9-14-25(17-22)41(38,39)33(3)4/h6-9,11-14,17-18,20H,5,10,15-16H2,1-4H3/b26-18+. The lowest BCUT2D eigenvalue weighted by Crippen LogP contribution is -2.43. The second kappa shape index (κ2) is 12.4. The largest absolute Gasteiger partial charge is 0.382 e. The van der Waals surface area contributed by atoms with Gasteiger partial charge in [0.2, 0.25) is 10.0 Å². The van der Waals surface area contributed by atoms with Crippen molar-refractivity contribution in [2.45, 2.75) is 25.2 Å². The first kappa shape index (κ1) is 29.6. The molecule has 3 aromatic rings. The first-order chi connectivity index (χ1) is 19.6. The van der Waals surface area contributed by atoms with Crippen LogP contribution >= 0.6 is 0 Å². The highest BCUT2D eigenvalue weighted by Crippen LogP contribution is 2.32. The Kier molecular flexibility index (Phi) is 8.98. The second-order valence-electron chi connectivity index (χ2n) is 9.51. The van der Waals surface area contributed by atoms with Crippen LogP contribution in [0.25, 0.3) is 23.0 Å². The predicted octanol–water partition coefficient (Wildman–Crippen LogP) is 3.81. The maximum absolute atomic E-state index is 13.6. The zero-order valence-corrected chi connectivity index (χ0v) is 24.2. The molecule has 0 spiro atoms. The number of amides is 2. The third-order valence-electron chi connectivity index (χ3n) is 6.65. The van der Waals surface area contributed by atoms with E-state index in [4.69, 9.17) is 9.84 Å². The minimum Gasteiger partial charge on any atom is -0.382 e. The van der Waals surface area contributed by atoms with Gasteiger partial charge in [-0.15, -0.1) is 0 Å². The number of rotatable bonds is 10. The van der Waals surface area contributed by atoms with Crippen LogP contribution in [0, 0.1) is 11.3 Å². The molecule has 0 bridgehead atoms. The van der Waals surface area contributed by atoms with E-state index in [9.17, 15) is 23.3 Å². The van der Waals surface area contributed by atoms with Gasteiger partial charge in [-0.2, -0.15) is 10.4 Å². The van der Waals surface area contributed by atoms with Gasteiger partial charge in [0.15, 0.2) is 0 Å². The van der Waals surface area contributed by atoms with Crippen molar-refractivity contribution in [3.8, 4) is 23.0 Å². The summed E-state index contributed by atoms with van der Waals surface area (Å²) in [6, 6.07) is 17.7. The molecule has 0 saturated heterocycles. The molecule has 11 heteroatoms. The van der Waals surface area contributed by atoms with Crippen LogP contribution < -0.4 is 0 Å². The van der Waals surface area contributed by atoms with E-state index in [1.807, 2.05) is 43.3 Å².